The van der Waals surface area contributed by atoms with Crippen LogP contribution in [0.5, 0.6) is 0 Å². The number of hydrogen-bond acceptors (Lipinski definition) is 1. The van der Waals surface area contributed by atoms with Gasteiger partial charge in [-0.25, -0.2) is 13.2 Å². The molecular weight excluding hydrogens is 390 g/mol. The van der Waals surface area contributed by atoms with Crippen molar-refractivity contribution in [2.24, 2.45) is 0 Å². The molecule has 0 radical (unpaired) electrons. The Morgan fingerprint density at radius 1 is 1.05 bits per heavy atom. The van der Waals surface area contributed by atoms with Crippen molar-refractivity contribution < 1.29 is 13.2 Å². The van der Waals surface area contributed by atoms with E-state index in [9.17, 15) is 13.2 Å². The fourth-order valence-corrected chi connectivity index (χ4v) is 3.01. The molecule has 1 nitrogen and oxygen atoms in total. The van der Waals surface area contributed by atoms with Crippen molar-refractivity contribution in [3.8, 4) is 0 Å². The lowest BCUT2D eigenvalue weighted by atomic mass is 10.1. The van der Waals surface area contributed by atoms with E-state index in [2.05, 4.69) is 21.2 Å². The summed E-state index contributed by atoms with van der Waals surface area (Å²) in [6.45, 7) is 1.58. The summed E-state index contributed by atoms with van der Waals surface area (Å²) in [5, 5.41) is 2.65. The summed E-state index contributed by atoms with van der Waals surface area (Å²) in [6, 6.07) is 4.01. The van der Waals surface area contributed by atoms with Crippen LogP contribution in [0, 0.1) is 17.5 Å². The highest BCUT2D eigenvalue weighted by atomic mass is 79.9. The molecular formula is C14H9BrCl2F3N. The molecule has 112 valence electrons. The summed E-state index contributed by atoms with van der Waals surface area (Å²) >= 11 is 14.8. The number of hydrogen-bond donors (Lipinski definition) is 1. The first-order valence-corrected chi connectivity index (χ1v) is 7.40. The Hall–Kier alpha value is -0.910. The molecule has 0 aliphatic carbocycles. The maximum absolute atomic E-state index is 13.8. The Morgan fingerprint density at radius 3 is 2.19 bits per heavy atom. The van der Waals surface area contributed by atoms with E-state index in [1.165, 1.54) is 6.07 Å². The zero-order valence-corrected chi connectivity index (χ0v) is 13.8. The van der Waals surface area contributed by atoms with Crippen LogP contribution >= 0.6 is 39.1 Å². The Morgan fingerprint density at radius 2 is 1.62 bits per heavy atom. The van der Waals surface area contributed by atoms with Crippen LogP contribution in [0.1, 0.15) is 18.5 Å². The molecule has 0 spiro atoms. The lowest BCUT2D eigenvalue weighted by molar-refractivity contribution is 0.582. The first-order valence-electron chi connectivity index (χ1n) is 5.85. The van der Waals surface area contributed by atoms with Gasteiger partial charge in [0.15, 0.2) is 0 Å². The third-order valence-corrected chi connectivity index (χ3v) is 4.05. The van der Waals surface area contributed by atoms with E-state index < -0.39 is 23.5 Å². The van der Waals surface area contributed by atoms with E-state index in [-0.39, 0.29) is 25.8 Å². The van der Waals surface area contributed by atoms with Gasteiger partial charge in [0.1, 0.15) is 23.1 Å². The number of benzene rings is 2. The van der Waals surface area contributed by atoms with Gasteiger partial charge < -0.3 is 5.32 Å². The number of nitrogens with one attached hydrogen (secondary N) is 1. The van der Waals surface area contributed by atoms with Crippen LogP contribution in [-0.2, 0) is 0 Å². The van der Waals surface area contributed by atoms with E-state index in [1.807, 2.05) is 0 Å². The van der Waals surface area contributed by atoms with E-state index in [0.717, 1.165) is 18.2 Å². The summed E-state index contributed by atoms with van der Waals surface area (Å²) in [4.78, 5) is 0. The molecule has 1 atom stereocenters. The maximum Gasteiger partial charge on any atom is 0.150 e. The van der Waals surface area contributed by atoms with Crippen molar-refractivity contribution in [1.29, 1.82) is 0 Å². The molecule has 0 fully saturated rings. The fourth-order valence-electron chi connectivity index (χ4n) is 1.91. The highest BCUT2D eigenvalue weighted by molar-refractivity contribution is 9.10. The molecule has 0 aromatic heterocycles. The van der Waals surface area contributed by atoms with E-state index in [4.69, 9.17) is 23.2 Å². The zero-order valence-electron chi connectivity index (χ0n) is 10.7. The molecule has 0 saturated heterocycles. The molecule has 2 aromatic rings. The third kappa shape index (κ3) is 3.47. The van der Waals surface area contributed by atoms with Gasteiger partial charge in [-0.1, -0.05) is 39.1 Å². The SMILES string of the molecule is CC(Nc1c(F)cc(Br)cc1F)c1c(Cl)ccc(F)c1Cl. The smallest absolute Gasteiger partial charge is 0.150 e. The highest BCUT2D eigenvalue weighted by Gasteiger charge is 2.20. The molecule has 7 heteroatoms. The summed E-state index contributed by atoms with van der Waals surface area (Å²) in [5.74, 6) is -2.21. The van der Waals surface area contributed by atoms with E-state index >= 15 is 0 Å². The molecule has 0 aliphatic heterocycles. The van der Waals surface area contributed by atoms with Gasteiger partial charge in [-0.2, -0.15) is 0 Å². The van der Waals surface area contributed by atoms with Gasteiger partial charge in [0.25, 0.3) is 0 Å². The molecule has 0 aliphatic rings. The Labute approximate surface area is 138 Å². The van der Waals surface area contributed by atoms with Crippen molar-refractivity contribution in [2.75, 3.05) is 5.32 Å². The average molecular weight is 399 g/mol. The van der Waals surface area contributed by atoms with Crippen LogP contribution in [-0.4, -0.2) is 0 Å². The second-order valence-corrected chi connectivity index (χ2v) is 6.07. The highest BCUT2D eigenvalue weighted by Crippen LogP contribution is 2.35. The maximum atomic E-state index is 13.8. The van der Waals surface area contributed by atoms with Crippen LogP contribution < -0.4 is 5.32 Å². The van der Waals surface area contributed by atoms with Gasteiger partial charge in [0, 0.05) is 15.1 Å². The van der Waals surface area contributed by atoms with Gasteiger partial charge in [0.2, 0.25) is 0 Å². The molecule has 2 aromatic carbocycles. The Kier molecular flexibility index (Phi) is 5.07. The first kappa shape index (κ1) is 16.5. The largest absolute Gasteiger partial charge is 0.374 e. The van der Waals surface area contributed by atoms with Gasteiger partial charge in [0.05, 0.1) is 11.1 Å². The van der Waals surface area contributed by atoms with E-state index in [0.29, 0.717) is 0 Å². The third-order valence-electron chi connectivity index (χ3n) is 2.88. The standard InChI is InChI=1S/C14H9BrCl2F3N/c1-6(12-8(16)2-3-9(18)13(12)17)21-14-10(19)4-7(15)5-11(14)20/h2-6,21H,1H3. The summed E-state index contributed by atoms with van der Waals surface area (Å²) in [6.07, 6.45) is 0. The van der Waals surface area contributed by atoms with Crippen molar-refractivity contribution in [2.45, 2.75) is 13.0 Å². The summed E-state index contributed by atoms with van der Waals surface area (Å²) in [5.41, 5.74) is -0.0952. The minimum absolute atomic E-state index is 0.180. The van der Waals surface area contributed by atoms with Gasteiger partial charge in [-0.15, -0.1) is 0 Å². The van der Waals surface area contributed by atoms with Crippen LogP contribution in [0.25, 0.3) is 0 Å². The normalized spacial score (nSPS) is 12.3. The monoisotopic (exact) mass is 397 g/mol. The Balaban J connectivity index is 2.40. The van der Waals surface area contributed by atoms with Crippen molar-refractivity contribution in [1.82, 2.24) is 0 Å². The molecule has 0 saturated carbocycles. The molecule has 0 amide bonds. The molecule has 1 unspecified atom stereocenters. The molecule has 0 bridgehead atoms. The van der Waals surface area contributed by atoms with Gasteiger partial charge in [-0.3, -0.25) is 0 Å². The second-order valence-electron chi connectivity index (χ2n) is 4.37. The predicted octanol–water partition coefficient (Wildman–Crippen LogP) is 6.35. The molecule has 0 heterocycles. The lowest BCUT2D eigenvalue weighted by Crippen LogP contribution is -2.11. The minimum Gasteiger partial charge on any atom is -0.374 e. The summed E-state index contributed by atoms with van der Waals surface area (Å²) < 4.78 is 41.4. The minimum atomic E-state index is -0.780. The topological polar surface area (TPSA) is 12.0 Å². The van der Waals surface area contributed by atoms with Crippen LogP contribution in [0.3, 0.4) is 0 Å². The quantitative estimate of drug-likeness (QED) is 0.594. The van der Waals surface area contributed by atoms with Crippen LogP contribution in [0.2, 0.25) is 10.0 Å². The van der Waals surface area contributed by atoms with Crippen molar-refractivity contribution in [3.05, 3.63) is 61.8 Å². The number of halogens is 6. The second kappa shape index (κ2) is 6.46. The number of anilines is 1. The molecule has 2 rings (SSSR count). The first-order chi connectivity index (χ1) is 9.81. The fraction of sp³-hybridized carbons (Fsp3) is 0.143. The molecule has 21 heavy (non-hydrogen) atoms. The van der Waals surface area contributed by atoms with Crippen molar-refractivity contribution in [3.63, 3.8) is 0 Å². The zero-order chi connectivity index (χ0) is 15.7. The van der Waals surface area contributed by atoms with Crippen molar-refractivity contribution >= 4 is 44.8 Å². The van der Waals surface area contributed by atoms with Crippen LogP contribution in [0.15, 0.2) is 28.7 Å². The summed E-state index contributed by atoms with van der Waals surface area (Å²) in [7, 11) is 0. The van der Waals surface area contributed by atoms with E-state index in [1.54, 1.807) is 6.92 Å². The lowest BCUT2D eigenvalue weighted by Gasteiger charge is -2.19. The van der Waals surface area contributed by atoms with Gasteiger partial charge >= 0.3 is 0 Å². The Bertz CT molecular complexity index is 671. The molecule has 1 N–H and O–H groups in total. The predicted molar refractivity (Wildman–Crippen MR) is 82.5 cm³/mol. The average Bonchev–Trinajstić information content (AvgIpc) is 2.38. The van der Waals surface area contributed by atoms with Crippen LogP contribution in [0.4, 0.5) is 18.9 Å². The van der Waals surface area contributed by atoms with Gasteiger partial charge in [-0.05, 0) is 31.2 Å². The number of rotatable bonds is 3.